The molecule has 0 aromatic heterocycles. The summed E-state index contributed by atoms with van der Waals surface area (Å²) in [5, 5.41) is 2.78. The van der Waals surface area contributed by atoms with Crippen LogP contribution in [-0.2, 0) is 22.6 Å². The van der Waals surface area contributed by atoms with E-state index in [0.717, 1.165) is 11.3 Å². The van der Waals surface area contributed by atoms with Gasteiger partial charge in [0.25, 0.3) is 0 Å². The number of thioether (sulfide) groups is 1. The van der Waals surface area contributed by atoms with Crippen LogP contribution in [0.2, 0.25) is 0 Å². The normalized spacial score (nSPS) is 14.2. The van der Waals surface area contributed by atoms with Crippen LogP contribution in [0.1, 0.15) is 17.5 Å². The van der Waals surface area contributed by atoms with Crippen molar-refractivity contribution in [1.29, 1.82) is 0 Å². The summed E-state index contributed by atoms with van der Waals surface area (Å²) in [6, 6.07) is 2.34. The molecule has 1 unspecified atom stereocenters. The van der Waals surface area contributed by atoms with Gasteiger partial charge in [0.2, 0.25) is 5.91 Å². The molecule has 1 aliphatic heterocycles. The maximum absolute atomic E-state index is 13.6. The Morgan fingerprint density at radius 2 is 2.30 bits per heavy atom. The van der Waals surface area contributed by atoms with E-state index in [1.54, 1.807) is 11.8 Å². The lowest BCUT2D eigenvalue weighted by Crippen LogP contribution is -2.41. The van der Waals surface area contributed by atoms with Gasteiger partial charge in [0.05, 0.1) is 12.6 Å². The van der Waals surface area contributed by atoms with Crippen LogP contribution in [0, 0.1) is 5.82 Å². The van der Waals surface area contributed by atoms with Crippen LogP contribution in [0.5, 0.6) is 5.75 Å². The van der Waals surface area contributed by atoms with Gasteiger partial charge >= 0.3 is 0 Å². The average molecular weight is 365 g/mol. The summed E-state index contributed by atoms with van der Waals surface area (Å²) in [7, 11) is 0. The highest BCUT2D eigenvalue weighted by Gasteiger charge is 2.17. The van der Waals surface area contributed by atoms with E-state index in [2.05, 4.69) is 5.32 Å². The summed E-state index contributed by atoms with van der Waals surface area (Å²) in [4.78, 5) is 11.8. The van der Waals surface area contributed by atoms with E-state index in [-0.39, 0.29) is 30.9 Å². The first-order valence-corrected chi connectivity index (χ1v) is 8.55. The Morgan fingerprint density at radius 1 is 1.52 bits per heavy atom. The van der Waals surface area contributed by atoms with Crippen LogP contribution < -0.4 is 15.8 Å². The number of amides is 1. The van der Waals surface area contributed by atoms with E-state index in [9.17, 15) is 9.18 Å². The van der Waals surface area contributed by atoms with E-state index >= 15 is 0 Å². The highest BCUT2D eigenvalue weighted by atomic mass is 35.5. The standard InChI is InChI=1S/C15H21FN2O3S.ClH/c1-22-5-3-13(17)15(19)18-4-2-10-6-12(16)7-11-8-20-9-21-14(10)11;/h6-7,13H,2-5,8-9,17H2,1H3,(H,18,19);1H. The third kappa shape index (κ3) is 5.84. The second kappa shape index (κ2) is 9.97. The summed E-state index contributed by atoms with van der Waals surface area (Å²) >= 11 is 1.66. The maximum atomic E-state index is 13.6. The van der Waals surface area contributed by atoms with Crippen LogP contribution in [0.3, 0.4) is 0 Å². The van der Waals surface area contributed by atoms with Gasteiger partial charge in [-0.2, -0.15) is 11.8 Å². The number of hydrogen-bond acceptors (Lipinski definition) is 5. The van der Waals surface area contributed by atoms with Gasteiger partial charge < -0.3 is 20.5 Å². The van der Waals surface area contributed by atoms with Crippen molar-refractivity contribution in [3.8, 4) is 5.75 Å². The fourth-order valence-corrected chi connectivity index (χ4v) is 2.76. The number of halogens is 2. The van der Waals surface area contributed by atoms with E-state index in [4.69, 9.17) is 15.2 Å². The Bertz CT molecular complexity index is 534. The van der Waals surface area contributed by atoms with Gasteiger partial charge in [-0.3, -0.25) is 4.79 Å². The molecule has 23 heavy (non-hydrogen) atoms. The molecule has 8 heteroatoms. The van der Waals surface area contributed by atoms with Crippen molar-refractivity contribution in [1.82, 2.24) is 5.32 Å². The SMILES string of the molecule is CSCCC(N)C(=O)NCCc1cc(F)cc2c1OCOC2.Cl. The second-order valence-electron chi connectivity index (χ2n) is 5.09. The van der Waals surface area contributed by atoms with Crippen LogP contribution in [0.25, 0.3) is 0 Å². The Hall–Kier alpha value is -1.02. The van der Waals surface area contributed by atoms with Crippen molar-refractivity contribution in [3.63, 3.8) is 0 Å². The molecule has 1 amide bonds. The van der Waals surface area contributed by atoms with Gasteiger partial charge in [0.15, 0.2) is 6.79 Å². The summed E-state index contributed by atoms with van der Waals surface area (Å²) in [5.41, 5.74) is 7.22. The predicted octanol–water partition coefficient (Wildman–Crippen LogP) is 1.85. The van der Waals surface area contributed by atoms with E-state index in [0.29, 0.717) is 37.3 Å². The number of hydrogen-bond donors (Lipinski definition) is 2. The molecule has 5 nitrogen and oxygen atoms in total. The molecular formula is C15H22ClFN2O3S. The molecular weight excluding hydrogens is 343 g/mol. The first kappa shape index (κ1) is 20.0. The van der Waals surface area contributed by atoms with Crippen LogP contribution in [0.4, 0.5) is 4.39 Å². The molecule has 1 aliphatic rings. The van der Waals surface area contributed by atoms with Gasteiger partial charge in [-0.15, -0.1) is 12.4 Å². The molecule has 0 aliphatic carbocycles. The first-order valence-electron chi connectivity index (χ1n) is 7.16. The van der Waals surface area contributed by atoms with Crippen LogP contribution in [0.15, 0.2) is 12.1 Å². The van der Waals surface area contributed by atoms with Gasteiger partial charge in [-0.25, -0.2) is 4.39 Å². The zero-order valence-corrected chi connectivity index (χ0v) is 14.6. The summed E-state index contributed by atoms with van der Waals surface area (Å²) in [5.74, 6) is 1.00. The van der Waals surface area contributed by atoms with Crippen LogP contribution in [-0.4, -0.2) is 37.3 Å². The van der Waals surface area contributed by atoms with Crippen molar-refractivity contribution < 1.29 is 18.7 Å². The largest absolute Gasteiger partial charge is 0.467 e. The number of rotatable bonds is 7. The highest BCUT2D eigenvalue weighted by molar-refractivity contribution is 7.98. The van der Waals surface area contributed by atoms with E-state index in [1.807, 2.05) is 6.26 Å². The topological polar surface area (TPSA) is 73.6 Å². The Morgan fingerprint density at radius 3 is 3.04 bits per heavy atom. The minimum Gasteiger partial charge on any atom is -0.467 e. The third-order valence-corrected chi connectivity index (χ3v) is 4.06. The fourth-order valence-electron chi connectivity index (χ4n) is 2.27. The van der Waals surface area contributed by atoms with Crippen molar-refractivity contribution in [2.45, 2.75) is 25.5 Å². The predicted molar refractivity (Wildman–Crippen MR) is 91.6 cm³/mol. The highest BCUT2D eigenvalue weighted by Crippen LogP contribution is 2.29. The molecule has 0 bridgehead atoms. The molecule has 2 rings (SSSR count). The molecule has 0 saturated carbocycles. The number of nitrogens with two attached hydrogens (primary N) is 1. The third-order valence-electron chi connectivity index (χ3n) is 3.42. The number of carbonyl (C=O) groups excluding carboxylic acids is 1. The molecule has 3 N–H and O–H groups in total. The smallest absolute Gasteiger partial charge is 0.236 e. The molecule has 0 fully saturated rings. The van der Waals surface area contributed by atoms with Crippen molar-refractivity contribution in [2.24, 2.45) is 5.73 Å². The Kier molecular flexibility index (Phi) is 8.68. The molecule has 1 heterocycles. The second-order valence-corrected chi connectivity index (χ2v) is 6.08. The Labute approximate surface area is 145 Å². The van der Waals surface area contributed by atoms with Gasteiger partial charge in [0.1, 0.15) is 11.6 Å². The fraction of sp³-hybridized carbons (Fsp3) is 0.533. The summed E-state index contributed by atoms with van der Waals surface area (Å²) in [6.45, 7) is 0.898. The number of benzene rings is 1. The van der Waals surface area contributed by atoms with Crippen LogP contribution >= 0.6 is 24.2 Å². The lowest BCUT2D eigenvalue weighted by molar-refractivity contribution is -0.122. The van der Waals surface area contributed by atoms with Gasteiger partial charge in [0, 0.05) is 12.1 Å². The minimum atomic E-state index is -0.501. The van der Waals surface area contributed by atoms with Gasteiger partial charge in [-0.05, 0) is 42.5 Å². The monoisotopic (exact) mass is 364 g/mol. The molecule has 0 radical (unpaired) electrons. The van der Waals surface area contributed by atoms with Crippen molar-refractivity contribution in [2.75, 3.05) is 25.3 Å². The summed E-state index contributed by atoms with van der Waals surface area (Å²) in [6.07, 6.45) is 3.10. The zero-order chi connectivity index (χ0) is 15.9. The Balaban J connectivity index is 0.00000264. The summed E-state index contributed by atoms with van der Waals surface area (Å²) < 4.78 is 24.2. The molecule has 130 valence electrons. The first-order chi connectivity index (χ1) is 10.6. The molecule has 1 aromatic rings. The number of carbonyl (C=O) groups is 1. The quantitative estimate of drug-likeness (QED) is 0.772. The lowest BCUT2D eigenvalue weighted by atomic mass is 10.1. The number of ether oxygens (including phenoxy) is 2. The van der Waals surface area contributed by atoms with Crippen molar-refractivity contribution in [3.05, 3.63) is 29.1 Å². The maximum Gasteiger partial charge on any atom is 0.236 e. The molecule has 1 aromatic carbocycles. The van der Waals surface area contributed by atoms with E-state index in [1.165, 1.54) is 12.1 Å². The lowest BCUT2D eigenvalue weighted by Gasteiger charge is -2.21. The average Bonchev–Trinajstić information content (AvgIpc) is 2.52. The molecule has 1 atom stereocenters. The zero-order valence-electron chi connectivity index (χ0n) is 13.0. The molecule has 0 saturated heterocycles. The van der Waals surface area contributed by atoms with Gasteiger partial charge in [-0.1, -0.05) is 0 Å². The minimum absolute atomic E-state index is 0. The van der Waals surface area contributed by atoms with Crippen molar-refractivity contribution >= 4 is 30.1 Å². The van der Waals surface area contributed by atoms with E-state index < -0.39 is 6.04 Å². The molecule has 0 spiro atoms. The number of fused-ring (bicyclic) bond motifs is 1. The number of nitrogens with one attached hydrogen (secondary N) is 1.